The van der Waals surface area contributed by atoms with E-state index < -0.39 is 47.6 Å². The number of fused-ring (bicyclic) bond motifs is 1. The maximum Gasteiger partial charge on any atom is 0.418 e. The molecule has 4 aromatic rings. The lowest BCUT2D eigenvalue weighted by atomic mass is 10.1. The highest BCUT2D eigenvalue weighted by atomic mass is 19.4. The molecule has 1 aliphatic heterocycles. The molecular weight excluding hydrogens is 505 g/mol. The minimum absolute atomic E-state index is 0.0226. The van der Waals surface area contributed by atoms with Crippen LogP contribution in [0.3, 0.4) is 0 Å². The molecule has 3 aromatic carbocycles. The zero-order valence-corrected chi connectivity index (χ0v) is 19.2. The second-order valence-corrected chi connectivity index (χ2v) is 8.07. The number of aromatic nitrogens is 3. The van der Waals surface area contributed by atoms with Crippen molar-refractivity contribution in [1.29, 1.82) is 0 Å². The van der Waals surface area contributed by atoms with Gasteiger partial charge in [-0.05, 0) is 36.4 Å². The number of benzene rings is 3. The Kier molecular flexibility index (Phi) is 6.07. The van der Waals surface area contributed by atoms with Crippen LogP contribution in [0, 0.1) is 0 Å². The summed E-state index contributed by atoms with van der Waals surface area (Å²) in [6.45, 7) is -0.787. The summed E-state index contributed by atoms with van der Waals surface area (Å²) in [4.78, 5) is 52.0. The van der Waals surface area contributed by atoms with Crippen molar-refractivity contribution in [3.63, 3.8) is 0 Å². The van der Waals surface area contributed by atoms with Gasteiger partial charge in [-0.1, -0.05) is 41.6 Å². The Labute approximate surface area is 212 Å². The predicted molar refractivity (Wildman–Crippen MR) is 125 cm³/mol. The highest BCUT2D eigenvalue weighted by Gasteiger charge is 2.38. The van der Waals surface area contributed by atoms with Gasteiger partial charge >= 0.3 is 12.1 Å². The molecule has 0 aliphatic carbocycles. The predicted octanol–water partition coefficient (Wildman–Crippen LogP) is 4.13. The lowest BCUT2D eigenvalue weighted by molar-refractivity contribution is -0.137. The number of alkyl halides is 3. The molecule has 0 saturated carbocycles. The summed E-state index contributed by atoms with van der Waals surface area (Å²) in [6, 6.07) is 16.7. The van der Waals surface area contributed by atoms with Crippen LogP contribution < -0.4 is 4.90 Å². The average molecular weight is 520 g/mol. The Morgan fingerprint density at radius 1 is 0.816 bits per heavy atom. The molecule has 1 aromatic heterocycles. The van der Waals surface area contributed by atoms with E-state index in [1.807, 2.05) is 0 Å². The summed E-state index contributed by atoms with van der Waals surface area (Å²) >= 11 is 0. The molecule has 12 heteroatoms. The number of halogens is 3. The lowest BCUT2D eigenvalue weighted by Gasteiger charge is -2.17. The number of rotatable bonds is 6. The number of carbonyl (C=O) groups excluding carboxylic acids is 4. The van der Waals surface area contributed by atoms with E-state index in [9.17, 15) is 32.3 Å². The number of hydrogen-bond acceptors (Lipinski definition) is 7. The zero-order valence-electron chi connectivity index (χ0n) is 19.2. The first-order chi connectivity index (χ1) is 18.2. The Balaban J connectivity index is 1.33. The van der Waals surface area contributed by atoms with Crippen molar-refractivity contribution in [2.24, 2.45) is 0 Å². The largest absolute Gasteiger partial charge is 0.452 e. The number of hydrogen-bond donors (Lipinski definition) is 0. The topological polar surface area (TPSA) is 111 Å². The van der Waals surface area contributed by atoms with E-state index >= 15 is 0 Å². The highest BCUT2D eigenvalue weighted by Crippen LogP contribution is 2.33. The SMILES string of the molecule is O=C(OCC(=O)c1ccccc1N1C(=O)c2ccccc2C1=O)c1cn(-c2ccccc2C(F)(F)F)nn1. The summed E-state index contributed by atoms with van der Waals surface area (Å²) in [5.41, 5.74) is -1.39. The van der Waals surface area contributed by atoms with Crippen molar-refractivity contribution in [3.05, 3.63) is 107 Å². The number of ether oxygens (including phenoxy) is 1. The van der Waals surface area contributed by atoms with Crippen LogP contribution in [-0.2, 0) is 10.9 Å². The minimum atomic E-state index is -4.66. The third kappa shape index (κ3) is 4.32. The van der Waals surface area contributed by atoms with Gasteiger partial charge in [-0.3, -0.25) is 14.4 Å². The van der Waals surface area contributed by atoms with Gasteiger partial charge in [0.05, 0.1) is 34.3 Å². The Hall–Kier alpha value is -5.13. The molecule has 1 aliphatic rings. The molecule has 0 radical (unpaired) electrons. The number of Topliss-reactive ketones (excluding diaryl/α,β-unsaturated/α-hetero) is 1. The molecular formula is C26H15F3N4O5. The van der Waals surface area contributed by atoms with Gasteiger partial charge in [-0.2, -0.15) is 13.2 Å². The maximum absolute atomic E-state index is 13.3. The van der Waals surface area contributed by atoms with Crippen LogP contribution in [0.25, 0.3) is 5.69 Å². The zero-order chi connectivity index (χ0) is 27.0. The maximum atomic E-state index is 13.3. The fourth-order valence-electron chi connectivity index (χ4n) is 3.98. The normalized spacial score (nSPS) is 13.0. The molecule has 9 nitrogen and oxygen atoms in total. The van der Waals surface area contributed by atoms with Gasteiger partial charge < -0.3 is 4.74 Å². The summed E-state index contributed by atoms with van der Waals surface area (Å²) in [6.07, 6.45) is -3.72. The molecule has 0 atom stereocenters. The minimum Gasteiger partial charge on any atom is -0.452 e. The van der Waals surface area contributed by atoms with Crippen molar-refractivity contribution in [1.82, 2.24) is 15.0 Å². The highest BCUT2D eigenvalue weighted by molar-refractivity contribution is 6.35. The van der Waals surface area contributed by atoms with Crippen LogP contribution in [0.5, 0.6) is 0 Å². The molecule has 0 unspecified atom stereocenters. The van der Waals surface area contributed by atoms with E-state index in [-0.39, 0.29) is 28.1 Å². The van der Waals surface area contributed by atoms with Crippen molar-refractivity contribution in [3.8, 4) is 5.69 Å². The first-order valence-electron chi connectivity index (χ1n) is 11.0. The van der Waals surface area contributed by atoms with E-state index in [1.165, 1.54) is 42.5 Å². The van der Waals surface area contributed by atoms with Crippen molar-refractivity contribution >= 4 is 29.3 Å². The van der Waals surface area contributed by atoms with E-state index in [1.54, 1.807) is 18.2 Å². The number of anilines is 1. The molecule has 0 bridgehead atoms. The second-order valence-electron chi connectivity index (χ2n) is 8.07. The number of esters is 1. The number of imide groups is 1. The van der Waals surface area contributed by atoms with Gasteiger partial charge in [0.25, 0.3) is 11.8 Å². The van der Waals surface area contributed by atoms with Gasteiger partial charge in [0.1, 0.15) is 0 Å². The third-order valence-corrected chi connectivity index (χ3v) is 5.73. The molecule has 2 amide bonds. The van der Waals surface area contributed by atoms with E-state index in [2.05, 4.69) is 10.3 Å². The van der Waals surface area contributed by atoms with Crippen LogP contribution >= 0.6 is 0 Å². The van der Waals surface area contributed by atoms with E-state index in [0.717, 1.165) is 27.9 Å². The Bertz CT molecular complexity index is 1580. The fraction of sp³-hybridized carbons (Fsp3) is 0.0769. The van der Waals surface area contributed by atoms with Gasteiger partial charge in [0.15, 0.2) is 12.3 Å². The molecule has 0 N–H and O–H groups in total. The number of nitrogens with zero attached hydrogens (tertiary/aromatic N) is 4. The summed E-state index contributed by atoms with van der Waals surface area (Å²) in [5.74, 6) is -3.02. The smallest absolute Gasteiger partial charge is 0.418 e. The average Bonchev–Trinajstić information content (AvgIpc) is 3.50. The van der Waals surface area contributed by atoms with Crippen LogP contribution in [0.2, 0.25) is 0 Å². The van der Waals surface area contributed by atoms with Crippen LogP contribution in [-0.4, -0.2) is 45.2 Å². The molecule has 2 heterocycles. The van der Waals surface area contributed by atoms with Gasteiger partial charge in [-0.25, -0.2) is 14.4 Å². The summed E-state index contributed by atoms with van der Waals surface area (Å²) in [7, 11) is 0. The first-order valence-corrected chi connectivity index (χ1v) is 11.0. The van der Waals surface area contributed by atoms with Gasteiger partial charge in [0.2, 0.25) is 5.78 Å². The summed E-state index contributed by atoms with van der Waals surface area (Å²) in [5, 5.41) is 7.12. The van der Waals surface area contributed by atoms with Crippen LogP contribution in [0.1, 0.15) is 47.1 Å². The van der Waals surface area contributed by atoms with E-state index in [0.29, 0.717) is 0 Å². The first kappa shape index (κ1) is 24.6. The number of ketones is 1. The molecule has 0 spiro atoms. The second kappa shape index (κ2) is 9.39. The van der Waals surface area contributed by atoms with E-state index in [4.69, 9.17) is 4.74 Å². The third-order valence-electron chi connectivity index (χ3n) is 5.73. The quantitative estimate of drug-likeness (QED) is 0.214. The molecule has 5 rings (SSSR count). The molecule has 0 saturated heterocycles. The van der Waals surface area contributed by atoms with Crippen LogP contribution in [0.4, 0.5) is 18.9 Å². The van der Waals surface area contributed by atoms with Crippen molar-refractivity contribution < 1.29 is 37.1 Å². The standard InChI is InChI=1S/C26H15F3N4O5/c27-26(28,29)18-10-4-6-12-21(18)32-13-19(30-31-32)25(37)38-14-22(34)17-9-3-5-11-20(17)33-23(35)15-7-1-2-8-16(15)24(33)36/h1-13H,14H2. The summed E-state index contributed by atoms with van der Waals surface area (Å²) < 4.78 is 45.7. The lowest BCUT2D eigenvalue weighted by Crippen LogP contribution is -2.31. The Morgan fingerprint density at radius 3 is 2.05 bits per heavy atom. The molecule has 38 heavy (non-hydrogen) atoms. The molecule has 0 fully saturated rings. The number of amides is 2. The van der Waals surface area contributed by atoms with Gasteiger partial charge in [-0.15, -0.1) is 5.10 Å². The van der Waals surface area contributed by atoms with Gasteiger partial charge in [0, 0.05) is 5.56 Å². The Morgan fingerprint density at radius 2 is 1.39 bits per heavy atom. The van der Waals surface area contributed by atoms with Crippen molar-refractivity contribution in [2.45, 2.75) is 6.18 Å². The molecule has 190 valence electrons. The number of carbonyl (C=O) groups is 4. The fourth-order valence-corrected chi connectivity index (χ4v) is 3.98. The van der Waals surface area contributed by atoms with Crippen LogP contribution in [0.15, 0.2) is 79.0 Å². The number of para-hydroxylation sites is 2. The van der Waals surface area contributed by atoms with Crippen molar-refractivity contribution in [2.75, 3.05) is 11.5 Å². The monoisotopic (exact) mass is 520 g/mol.